The zero-order valence-corrected chi connectivity index (χ0v) is 14.1. The number of hydrogen-bond donors (Lipinski definition) is 2. The average Bonchev–Trinajstić information content (AvgIpc) is 2.55. The highest BCUT2D eigenvalue weighted by atomic mass is 16.5. The molecule has 0 saturated carbocycles. The number of rotatable bonds is 6. The zero-order chi connectivity index (χ0) is 17.7. The summed E-state index contributed by atoms with van der Waals surface area (Å²) in [6.45, 7) is 4.30. The van der Waals surface area contributed by atoms with E-state index in [9.17, 15) is 9.59 Å². The van der Waals surface area contributed by atoms with Gasteiger partial charge in [-0.25, -0.2) is 4.79 Å². The summed E-state index contributed by atoms with van der Waals surface area (Å²) in [4.78, 5) is 23.1. The SMILES string of the molecule is COc1c(C)cc(C(=O)NCCc2ccc(C(=O)O)cc2)cc1C. The van der Waals surface area contributed by atoms with Gasteiger partial charge < -0.3 is 15.2 Å². The minimum atomic E-state index is -0.944. The van der Waals surface area contributed by atoms with Crippen LogP contribution in [0.25, 0.3) is 0 Å². The van der Waals surface area contributed by atoms with Crippen LogP contribution in [0.15, 0.2) is 36.4 Å². The van der Waals surface area contributed by atoms with E-state index < -0.39 is 5.97 Å². The smallest absolute Gasteiger partial charge is 0.335 e. The molecule has 0 spiro atoms. The maximum atomic E-state index is 12.3. The number of carbonyl (C=O) groups excluding carboxylic acids is 1. The van der Waals surface area contributed by atoms with Crippen LogP contribution >= 0.6 is 0 Å². The van der Waals surface area contributed by atoms with Gasteiger partial charge in [-0.05, 0) is 61.2 Å². The first kappa shape index (κ1) is 17.5. The van der Waals surface area contributed by atoms with Crippen molar-refractivity contribution in [2.45, 2.75) is 20.3 Å². The zero-order valence-electron chi connectivity index (χ0n) is 14.1. The molecule has 0 unspecified atom stereocenters. The van der Waals surface area contributed by atoms with Crippen LogP contribution in [0.1, 0.15) is 37.4 Å². The standard InChI is InChI=1S/C19H21NO4/c1-12-10-16(11-13(2)17(12)24-3)18(21)20-9-8-14-4-6-15(7-5-14)19(22)23/h4-7,10-11H,8-9H2,1-3H3,(H,20,21)(H,22,23). The molecule has 2 rings (SSSR count). The fourth-order valence-electron chi connectivity index (χ4n) is 2.64. The minimum absolute atomic E-state index is 0.133. The van der Waals surface area contributed by atoms with Gasteiger partial charge in [0.1, 0.15) is 5.75 Å². The molecule has 24 heavy (non-hydrogen) atoms. The molecule has 0 fully saturated rings. The highest BCUT2D eigenvalue weighted by molar-refractivity contribution is 5.95. The second-order valence-corrected chi connectivity index (χ2v) is 5.65. The molecular formula is C19H21NO4. The summed E-state index contributed by atoms with van der Waals surface area (Å²) >= 11 is 0. The number of aromatic carboxylic acids is 1. The predicted molar refractivity (Wildman–Crippen MR) is 91.9 cm³/mol. The maximum absolute atomic E-state index is 12.3. The maximum Gasteiger partial charge on any atom is 0.335 e. The molecule has 126 valence electrons. The first-order valence-electron chi connectivity index (χ1n) is 7.68. The Kier molecular flexibility index (Phi) is 5.58. The van der Waals surface area contributed by atoms with Crippen LogP contribution in [0.4, 0.5) is 0 Å². The molecule has 0 atom stereocenters. The summed E-state index contributed by atoms with van der Waals surface area (Å²) in [6.07, 6.45) is 0.639. The number of amides is 1. The Morgan fingerprint density at radius 3 is 2.12 bits per heavy atom. The molecule has 0 radical (unpaired) electrons. The van der Waals surface area contributed by atoms with E-state index in [-0.39, 0.29) is 11.5 Å². The van der Waals surface area contributed by atoms with E-state index in [4.69, 9.17) is 9.84 Å². The van der Waals surface area contributed by atoms with Gasteiger partial charge in [0.05, 0.1) is 12.7 Å². The van der Waals surface area contributed by atoms with Gasteiger partial charge in [0.15, 0.2) is 0 Å². The molecule has 2 aromatic carbocycles. The Balaban J connectivity index is 1.95. The molecule has 0 bridgehead atoms. The van der Waals surface area contributed by atoms with Crippen LogP contribution in [0.5, 0.6) is 5.75 Å². The molecule has 5 heteroatoms. The quantitative estimate of drug-likeness (QED) is 0.855. The van der Waals surface area contributed by atoms with Crippen molar-refractivity contribution in [1.29, 1.82) is 0 Å². The summed E-state index contributed by atoms with van der Waals surface area (Å²) < 4.78 is 5.30. The van der Waals surface area contributed by atoms with E-state index in [2.05, 4.69) is 5.32 Å². The van der Waals surface area contributed by atoms with E-state index in [1.54, 1.807) is 31.4 Å². The Morgan fingerprint density at radius 2 is 1.62 bits per heavy atom. The first-order chi connectivity index (χ1) is 11.4. The van der Waals surface area contributed by atoms with Gasteiger partial charge in [-0.2, -0.15) is 0 Å². The third-order valence-electron chi connectivity index (χ3n) is 3.83. The normalized spacial score (nSPS) is 10.3. The fraction of sp³-hybridized carbons (Fsp3) is 0.263. The topological polar surface area (TPSA) is 75.6 Å². The highest BCUT2D eigenvalue weighted by Crippen LogP contribution is 2.24. The lowest BCUT2D eigenvalue weighted by Gasteiger charge is -2.11. The molecule has 2 aromatic rings. The van der Waals surface area contributed by atoms with Crippen molar-refractivity contribution in [1.82, 2.24) is 5.32 Å². The molecule has 0 aliphatic heterocycles. The van der Waals surface area contributed by atoms with Gasteiger partial charge in [0.25, 0.3) is 5.91 Å². The third-order valence-corrected chi connectivity index (χ3v) is 3.83. The number of ether oxygens (including phenoxy) is 1. The first-order valence-corrected chi connectivity index (χ1v) is 7.68. The van der Waals surface area contributed by atoms with Crippen molar-refractivity contribution < 1.29 is 19.4 Å². The highest BCUT2D eigenvalue weighted by Gasteiger charge is 2.11. The van der Waals surface area contributed by atoms with E-state index in [0.717, 1.165) is 22.4 Å². The lowest BCUT2D eigenvalue weighted by Crippen LogP contribution is -2.25. The number of nitrogens with one attached hydrogen (secondary N) is 1. The number of methoxy groups -OCH3 is 1. The monoisotopic (exact) mass is 327 g/mol. The number of carboxylic acid groups (broad SMARTS) is 1. The fourth-order valence-corrected chi connectivity index (χ4v) is 2.64. The second kappa shape index (κ2) is 7.64. The van der Waals surface area contributed by atoms with Crippen molar-refractivity contribution in [2.24, 2.45) is 0 Å². The molecule has 5 nitrogen and oxygen atoms in total. The van der Waals surface area contributed by atoms with Gasteiger partial charge >= 0.3 is 5.97 Å². The van der Waals surface area contributed by atoms with Crippen LogP contribution in [0.3, 0.4) is 0 Å². The molecule has 2 N–H and O–H groups in total. The molecule has 0 aliphatic carbocycles. The van der Waals surface area contributed by atoms with E-state index in [1.165, 1.54) is 0 Å². The van der Waals surface area contributed by atoms with Crippen molar-refractivity contribution in [3.05, 3.63) is 64.2 Å². The summed E-state index contributed by atoms with van der Waals surface area (Å²) in [5, 5.41) is 11.7. The van der Waals surface area contributed by atoms with E-state index in [0.29, 0.717) is 18.5 Å². The molecular weight excluding hydrogens is 306 g/mol. The van der Waals surface area contributed by atoms with Crippen LogP contribution in [0.2, 0.25) is 0 Å². The number of benzene rings is 2. The van der Waals surface area contributed by atoms with E-state index >= 15 is 0 Å². The third kappa shape index (κ3) is 4.13. The number of carboxylic acids is 1. The lowest BCUT2D eigenvalue weighted by atomic mass is 10.0. The van der Waals surface area contributed by atoms with Crippen LogP contribution in [-0.4, -0.2) is 30.6 Å². The molecule has 0 saturated heterocycles. The predicted octanol–water partition coefficient (Wildman–Crippen LogP) is 2.98. The van der Waals surface area contributed by atoms with Crippen LogP contribution < -0.4 is 10.1 Å². The number of aryl methyl sites for hydroxylation is 2. The summed E-state index contributed by atoms with van der Waals surface area (Å²) in [6, 6.07) is 10.3. The van der Waals surface area contributed by atoms with Gasteiger partial charge in [0, 0.05) is 12.1 Å². The minimum Gasteiger partial charge on any atom is -0.496 e. The molecule has 0 aromatic heterocycles. The lowest BCUT2D eigenvalue weighted by molar-refractivity contribution is 0.0696. The number of carbonyl (C=O) groups is 2. The number of hydrogen-bond acceptors (Lipinski definition) is 3. The van der Waals surface area contributed by atoms with Crippen molar-refractivity contribution in [3.63, 3.8) is 0 Å². The van der Waals surface area contributed by atoms with Gasteiger partial charge in [-0.3, -0.25) is 4.79 Å². The van der Waals surface area contributed by atoms with Gasteiger partial charge in [-0.1, -0.05) is 12.1 Å². The Morgan fingerprint density at radius 1 is 1.04 bits per heavy atom. The van der Waals surface area contributed by atoms with Crippen LogP contribution in [0, 0.1) is 13.8 Å². The summed E-state index contributed by atoms with van der Waals surface area (Å²) in [7, 11) is 1.62. The largest absolute Gasteiger partial charge is 0.496 e. The second-order valence-electron chi connectivity index (χ2n) is 5.65. The van der Waals surface area contributed by atoms with Crippen molar-refractivity contribution in [3.8, 4) is 5.75 Å². The molecule has 1 amide bonds. The van der Waals surface area contributed by atoms with Gasteiger partial charge in [0.2, 0.25) is 0 Å². The van der Waals surface area contributed by atoms with Crippen molar-refractivity contribution >= 4 is 11.9 Å². The van der Waals surface area contributed by atoms with Crippen molar-refractivity contribution in [2.75, 3.05) is 13.7 Å². The Labute approximate surface area is 141 Å². The van der Waals surface area contributed by atoms with Gasteiger partial charge in [-0.15, -0.1) is 0 Å². The molecule has 0 aliphatic rings. The molecule has 0 heterocycles. The average molecular weight is 327 g/mol. The summed E-state index contributed by atoms with van der Waals surface area (Å²) in [5.74, 6) is -0.281. The summed E-state index contributed by atoms with van der Waals surface area (Å²) in [5.41, 5.74) is 3.68. The Bertz CT molecular complexity index is 727. The van der Waals surface area contributed by atoms with E-state index in [1.807, 2.05) is 26.0 Å². The Hall–Kier alpha value is -2.82. The van der Waals surface area contributed by atoms with Crippen LogP contribution in [-0.2, 0) is 6.42 Å².